The Hall–Kier alpha value is -1.72. The summed E-state index contributed by atoms with van der Waals surface area (Å²) in [6.45, 7) is 2.71. The third-order valence-electron chi connectivity index (χ3n) is 4.46. The summed E-state index contributed by atoms with van der Waals surface area (Å²) in [6.07, 6.45) is 0. The maximum absolute atomic E-state index is 13.0. The second-order valence-corrected chi connectivity index (χ2v) is 9.76. The Kier molecular flexibility index (Phi) is 7.35. The molecular weight excluding hydrogens is 458 g/mol. The lowest BCUT2D eigenvalue weighted by Gasteiger charge is -2.26. The number of thioether (sulfide) groups is 1. The highest BCUT2D eigenvalue weighted by Gasteiger charge is 2.28. The average Bonchev–Trinajstić information content (AvgIpc) is 2.71. The van der Waals surface area contributed by atoms with E-state index in [2.05, 4.69) is 5.32 Å². The molecule has 0 atom stereocenters. The normalized spacial score (nSPS) is 15.4. The molecule has 1 amide bonds. The van der Waals surface area contributed by atoms with Gasteiger partial charge in [-0.2, -0.15) is 13.1 Å². The Balaban J connectivity index is 1.90. The van der Waals surface area contributed by atoms with Crippen LogP contribution < -0.4 is 5.32 Å². The van der Waals surface area contributed by atoms with Crippen LogP contribution in [0.2, 0.25) is 5.02 Å². The number of nitrogens with one attached hydrogen (secondary N) is 1. The molecule has 30 heavy (non-hydrogen) atoms. The fourth-order valence-electron chi connectivity index (χ4n) is 2.96. The molecule has 0 radical (unpaired) electrons. The van der Waals surface area contributed by atoms with Crippen LogP contribution in [-0.2, 0) is 14.8 Å². The fraction of sp³-hybridized carbons (Fsp3) is 0.316. The molecule has 6 nitrogen and oxygen atoms in total. The Morgan fingerprint density at radius 2 is 1.93 bits per heavy atom. The van der Waals surface area contributed by atoms with Gasteiger partial charge in [0.25, 0.3) is 11.7 Å². The molecule has 0 unspecified atom stereocenters. The van der Waals surface area contributed by atoms with E-state index in [1.165, 1.54) is 40.7 Å². The van der Waals surface area contributed by atoms with Crippen molar-refractivity contribution in [2.24, 2.45) is 0 Å². The van der Waals surface area contributed by atoms with Crippen LogP contribution in [0.5, 0.6) is 0 Å². The van der Waals surface area contributed by atoms with E-state index in [1.54, 1.807) is 6.92 Å². The van der Waals surface area contributed by atoms with Crippen molar-refractivity contribution in [3.8, 4) is 0 Å². The van der Waals surface area contributed by atoms with E-state index in [0.29, 0.717) is 18.8 Å². The maximum atomic E-state index is 13.0. The third kappa shape index (κ3) is 5.12. The van der Waals surface area contributed by atoms with Gasteiger partial charge in [-0.1, -0.05) is 35.5 Å². The van der Waals surface area contributed by atoms with Crippen molar-refractivity contribution in [2.45, 2.75) is 22.5 Å². The number of halogens is 3. The van der Waals surface area contributed by atoms with Crippen LogP contribution in [-0.4, -0.2) is 50.7 Å². The van der Waals surface area contributed by atoms with E-state index < -0.39 is 21.7 Å². The number of nitrogens with zero attached hydrogens (tertiary/aromatic N) is 1. The summed E-state index contributed by atoms with van der Waals surface area (Å²) in [7, 11) is -3.80. The molecule has 0 aromatic heterocycles. The number of morpholine rings is 1. The summed E-state index contributed by atoms with van der Waals surface area (Å²) < 4.78 is 58.2. The van der Waals surface area contributed by atoms with Gasteiger partial charge in [0.1, 0.15) is 0 Å². The van der Waals surface area contributed by atoms with Gasteiger partial charge in [-0.25, -0.2) is 8.42 Å². The van der Waals surface area contributed by atoms with Crippen LogP contribution in [0.15, 0.2) is 46.2 Å². The lowest BCUT2D eigenvalue weighted by atomic mass is 10.1. The van der Waals surface area contributed by atoms with Crippen molar-refractivity contribution in [3.63, 3.8) is 0 Å². The summed E-state index contributed by atoms with van der Waals surface area (Å²) in [4.78, 5) is 12.8. The van der Waals surface area contributed by atoms with E-state index >= 15 is 0 Å². The highest BCUT2D eigenvalue weighted by molar-refractivity contribution is 7.99. The number of carbonyl (C=O) groups excluding carboxylic acids is 1. The van der Waals surface area contributed by atoms with Crippen molar-refractivity contribution in [2.75, 3.05) is 31.6 Å². The standard InChI is InChI=1S/C19H19ClF2N2O4S2/c1-12-5-6-13(11-16(12)30(26,27)24-7-9-28-10-8-24)18(25)23-15-4-2-3-14(20)17(15)29-19(21)22/h2-6,11,19H,7-10H2,1H3,(H,23,25). The molecule has 11 heteroatoms. The molecule has 2 aromatic rings. The molecule has 0 spiro atoms. The maximum Gasteiger partial charge on any atom is 0.289 e. The van der Waals surface area contributed by atoms with Gasteiger partial charge in [0.2, 0.25) is 10.0 Å². The third-order valence-corrected chi connectivity index (χ3v) is 7.78. The topological polar surface area (TPSA) is 75.7 Å². The van der Waals surface area contributed by atoms with Crippen LogP contribution in [0, 0.1) is 6.92 Å². The number of alkyl halides is 2. The van der Waals surface area contributed by atoms with Crippen LogP contribution in [0.3, 0.4) is 0 Å². The molecular formula is C19H19ClF2N2O4S2. The number of ether oxygens (including phenoxy) is 1. The first-order chi connectivity index (χ1) is 14.2. The first-order valence-electron chi connectivity index (χ1n) is 8.93. The largest absolute Gasteiger partial charge is 0.379 e. The number of anilines is 1. The molecule has 1 saturated heterocycles. The van der Waals surface area contributed by atoms with Crippen molar-refractivity contribution >= 4 is 45.0 Å². The quantitative estimate of drug-likeness (QED) is 0.631. The first kappa shape index (κ1) is 23.0. The average molecular weight is 477 g/mol. The SMILES string of the molecule is Cc1ccc(C(=O)Nc2cccc(Cl)c2SC(F)F)cc1S(=O)(=O)N1CCOCC1. The molecule has 1 N–H and O–H groups in total. The smallest absolute Gasteiger partial charge is 0.289 e. The van der Waals surface area contributed by atoms with Crippen molar-refractivity contribution in [1.82, 2.24) is 4.31 Å². The number of rotatable bonds is 6. The number of carbonyl (C=O) groups is 1. The minimum atomic E-state index is -3.80. The van der Waals surface area contributed by atoms with Crippen LogP contribution in [0.1, 0.15) is 15.9 Å². The lowest BCUT2D eigenvalue weighted by Crippen LogP contribution is -2.40. The lowest BCUT2D eigenvalue weighted by molar-refractivity contribution is 0.0730. The summed E-state index contributed by atoms with van der Waals surface area (Å²) >= 11 is 6.22. The monoisotopic (exact) mass is 476 g/mol. The highest BCUT2D eigenvalue weighted by Crippen LogP contribution is 2.37. The molecule has 0 aliphatic carbocycles. The number of hydrogen-bond donors (Lipinski definition) is 1. The molecule has 162 valence electrons. The zero-order chi connectivity index (χ0) is 21.9. The summed E-state index contributed by atoms with van der Waals surface area (Å²) in [5, 5.41) is 2.63. The molecule has 1 aliphatic rings. The van der Waals surface area contributed by atoms with Crippen molar-refractivity contribution in [3.05, 3.63) is 52.5 Å². The number of hydrogen-bond acceptors (Lipinski definition) is 5. The predicted molar refractivity (Wildman–Crippen MR) is 112 cm³/mol. The molecule has 1 aliphatic heterocycles. The number of amides is 1. The second-order valence-electron chi connectivity index (χ2n) is 6.45. The van der Waals surface area contributed by atoms with Crippen LogP contribution in [0.4, 0.5) is 14.5 Å². The molecule has 1 fully saturated rings. The Morgan fingerprint density at radius 1 is 1.23 bits per heavy atom. The number of benzene rings is 2. The minimum absolute atomic E-state index is 0.0188. The van der Waals surface area contributed by atoms with Gasteiger partial charge in [0.05, 0.1) is 33.7 Å². The zero-order valence-electron chi connectivity index (χ0n) is 15.9. The Morgan fingerprint density at radius 3 is 2.60 bits per heavy atom. The molecule has 1 heterocycles. The fourth-order valence-corrected chi connectivity index (χ4v) is 5.53. The van der Waals surface area contributed by atoms with Gasteiger partial charge < -0.3 is 10.1 Å². The van der Waals surface area contributed by atoms with E-state index in [4.69, 9.17) is 16.3 Å². The van der Waals surface area contributed by atoms with Gasteiger partial charge in [-0.3, -0.25) is 4.79 Å². The van der Waals surface area contributed by atoms with Gasteiger partial charge in [0, 0.05) is 18.7 Å². The van der Waals surface area contributed by atoms with Crippen LogP contribution >= 0.6 is 23.4 Å². The Bertz CT molecular complexity index is 1040. The van der Waals surface area contributed by atoms with Gasteiger partial charge in [-0.05, 0) is 36.8 Å². The van der Waals surface area contributed by atoms with E-state index in [0.717, 1.165) is 0 Å². The number of aryl methyl sites for hydroxylation is 1. The summed E-state index contributed by atoms with van der Waals surface area (Å²) in [5.41, 5.74) is 0.700. The minimum Gasteiger partial charge on any atom is -0.379 e. The highest BCUT2D eigenvalue weighted by atomic mass is 35.5. The van der Waals surface area contributed by atoms with Gasteiger partial charge >= 0.3 is 0 Å². The first-order valence-corrected chi connectivity index (χ1v) is 11.6. The molecule has 0 saturated carbocycles. The summed E-state index contributed by atoms with van der Waals surface area (Å²) in [6, 6.07) is 8.73. The van der Waals surface area contributed by atoms with Crippen LogP contribution in [0.25, 0.3) is 0 Å². The molecule has 0 bridgehead atoms. The van der Waals surface area contributed by atoms with Gasteiger partial charge in [0.15, 0.2) is 0 Å². The van der Waals surface area contributed by atoms with E-state index in [9.17, 15) is 22.0 Å². The predicted octanol–water partition coefficient (Wildman–Crippen LogP) is 4.24. The second kappa shape index (κ2) is 9.61. The van der Waals surface area contributed by atoms with Crippen molar-refractivity contribution in [1.29, 1.82) is 0 Å². The summed E-state index contributed by atoms with van der Waals surface area (Å²) in [5.74, 6) is -3.35. The van der Waals surface area contributed by atoms with E-state index in [1.807, 2.05) is 0 Å². The molecule has 3 rings (SSSR count). The van der Waals surface area contributed by atoms with Crippen molar-refractivity contribution < 1.29 is 26.7 Å². The van der Waals surface area contributed by atoms with Gasteiger partial charge in [-0.15, -0.1) is 0 Å². The molecule has 2 aromatic carbocycles. The number of sulfonamides is 1. The Labute approximate surface area is 182 Å². The zero-order valence-corrected chi connectivity index (χ0v) is 18.3. The van der Waals surface area contributed by atoms with E-state index in [-0.39, 0.29) is 50.9 Å².